The fourth-order valence-electron chi connectivity index (χ4n) is 4.39. The van der Waals surface area contributed by atoms with Gasteiger partial charge < -0.3 is 9.88 Å². The molecule has 1 aliphatic heterocycles. The molecule has 32 heavy (non-hydrogen) atoms. The zero-order valence-corrected chi connectivity index (χ0v) is 18.9. The number of hydrogen-bond donors (Lipinski definition) is 1. The molecule has 0 radical (unpaired) electrons. The zero-order valence-electron chi connectivity index (χ0n) is 18.2. The number of carbonyl (C=O) groups excluding carboxylic acids is 3. The van der Waals surface area contributed by atoms with Crippen molar-refractivity contribution in [1.29, 1.82) is 0 Å². The highest BCUT2D eigenvalue weighted by atomic mass is 35.5. The third-order valence-electron chi connectivity index (χ3n) is 6.09. The molecule has 3 amide bonds. The van der Waals surface area contributed by atoms with Crippen molar-refractivity contribution in [2.24, 2.45) is 0 Å². The second kappa shape index (κ2) is 8.28. The number of benzene rings is 2. The predicted octanol–water partition coefficient (Wildman–Crippen LogP) is 4.79. The Bertz CT molecular complexity index is 1200. The van der Waals surface area contributed by atoms with Gasteiger partial charge in [0.2, 0.25) is 0 Å². The summed E-state index contributed by atoms with van der Waals surface area (Å²) in [5.74, 6) is -0.718. The van der Waals surface area contributed by atoms with E-state index >= 15 is 0 Å². The van der Waals surface area contributed by atoms with Crippen molar-refractivity contribution in [3.05, 3.63) is 88.2 Å². The van der Waals surface area contributed by atoms with E-state index in [0.717, 1.165) is 22.0 Å². The summed E-state index contributed by atoms with van der Waals surface area (Å²) in [5.41, 5.74) is 2.54. The first-order valence-corrected chi connectivity index (χ1v) is 10.8. The summed E-state index contributed by atoms with van der Waals surface area (Å²) in [7, 11) is 0. The SMILES string of the molecule is CCC1(c2ccc(Cl)cc2)NC(=O)N(CC(=O)c2cc(C)n(-c3ccccc3)c2C)C1=O. The van der Waals surface area contributed by atoms with Crippen LogP contribution in [0.2, 0.25) is 5.02 Å². The Labute approximate surface area is 191 Å². The Balaban J connectivity index is 1.62. The van der Waals surface area contributed by atoms with Crippen molar-refractivity contribution in [1.82, 2.24) is 14.8 Å². The topological polar surface area (TPSA) is 71.4 Å². The molecule has 0 spiro atoms. The maximum atomic E-state index is 13.4. The van der Waals surface area contributed by atoms with Gasteiger partial charge in [-0.05, 0) is 56.2 Å². The molecule has 2 heterocycles. The molecule has 1 N–H and O–H groups in total. The predicted molar refractivity (Wildman–Crippen MR) is 123 cm³/mol. The van der Waals surface area contributed by atoms with Gasteiger partial charge in [-0.3, -0.25) is 14.5 Å². The maximum absolute atomic E-state index is 13.4. The number of ketones is 1. The van der Waals surface area contributed by atoms with E-state index in [1.54, 1.807) is 30.3 Å². The maximum Gasteiger partial charge on any atom is 0.325 e. The Kier molecular flexibility index (Phi) is 5.65. The Morgan fingerprint density at radius 2 is 1.69 bits per heavy atom. The molecule has 1 aliphatic rings. The summed E-state index contributed by atoms with van der Waals surface area (Å²) in [4.78, 5) is 40.3. The van der Waals surface area contributed by atoms with Crippen LogP contribution in [0.15, 0.2) is 60.7 Å². The van der Waals surface area contributed by atoms with Gasteiger partial charge in [0, 0.05) is 27.7 Å². The van der Waals surface area contributed by atoms with E-state index in [1.807, 2.05) is 55.7 Å². The number of nitrogens with zero attached hydrogens (tertiary/aromatic N) is 2. The molecule has 6 nitrogen and oxygen atoms in total. The number of halogens is 1. The first-order valence-electron chi connectivity index (χ1n) is 10.5. The van der Waals surface area contributed by atoms with Crippen LogP contribution in [0.25, 0.3) is 5.69 Å². The number of aryl methyl sites for hydroxylation is 1. The number of carbonyl (C=O) groups is 3. The quantitative estimate of drug-likeness (QED) is 0.434. The number of hydrogen-bond acceptors (Lipinski definition) is 3. The van der Waals surface area contributed by atoms with Crippen molar-refractivity contribution in [3.8, 4) is 5.69 Å². The van der Waals surface area contributed by atoms with Crippen molar-refractivity contribution >= 4 is 29.3 Å². The minimum absolute atomic E-state index is 0.285. The molecule has 1 unspecified atom stereocenters. The largest absolute Gasteiger partial charge is 0.325 e. The summed E-state index contributed by atoms with van der Waals surface area (Å²) >= 11 is 5.98. The first-order chi connectivity index (χ1) is 15.3. The molecule has 3 aromatic rings. The number of amides is 3. The molecule has 0 saturated carbocycles. The number of Topliss-reactive ketones (excluding diaryl/α,β-unsaturated/α-hetero) is 1. The first kappa shape index (κ1) is 21.8. The van der Waals surface area contributed by atoms with Crippen LogP contribution in [0.1, 0.15) is 40.7 Å². The standard InChI is InChI=1S/C25H24ClN3O3/c1-4-25(18-10-12-19(26)13-11-18)23(31)28(24(32)27-25)15-22(30)21-14-16(2)29(17(21)3)20-8-6-5-7-9-20/h5-14H,4,15H2,1-3H3,(H,27,32). The van der Waals surface area contributed by atoms with Gasteiger partial charge in [-0.1, -0.05) is 48.9 Å². The molecule has 7 heteroatoms. The lowest BCUT2D eigenvalue weighted by Crippen LogP contribution is -2.43. The fraction of sp³-hybridized carbons (Fsp3) is 0.240. The van der Waals surface area contributed by atoms with Crippen LogP contribution in [0.5, 0.6) is 0 Å². The summed E-state index contributed by atoms with van der Waals surface area (Å²) < 4.78 is 1.99. The molecule has 1 fully saturated rings. The van der Waals surface area contributed by atoms with E-state index in [1.165, 1.54) is 0 Å². The fourth-order valence-corrected chi connectivity index (χ4v) is 4.52. The molecular formula is C25H24ClN3O3. The number of imide groups is 1. The van der Waals surface area contributed by atoms with Gasteiger partial charge in [-0.2, -0.15) is 0 Å². The molecule has 1 atom stereocenters. The van der Waals surface area contributed by atoms with E-state index in [9.17, 15) is 14.4 Å². The summed E-state index contributed by atoms with van der Waals surface area (Å²) in [5, 5.41) is 3.34. The minimum Gasteiger partial charge on any atom is -0.319 e. The second-order valence-corrected chi connectivity index (χ2v) is 8.40. The lowest BCUT2D eigenvalue weighted by Gasteiger charge is -2.25. The molecule has 2 aromatic carbocycles. The van der Waals surface area contributed by atoms with E-state index in [0.29, 0.717) is 22.6 Å². The lowest BCUT2D eigenvalue weighted by atomic mass is 9.87. The van der Waals surface area contributed by atoms with Gasteiger partial charge in [0.15, 0.2) is 5.78 Å². The monoisotopic (exact) mass is 449 g/mol. The number of nitrogens with one attached hydrogen (secondary N) is 1. The van der Waals surface area contributed by atoms with Gasteiger partial charge in [0.05, 0.1) is 6.54 Å². The van der Waals surface area contributed by atoms with Crippen LogP contribution in [0, 0.1) is 13.8 Å². The Hall–Kier alpha value is -3.38. The average molecular weight is 450 g/mol. The minimum atomic E-state index is -1.21. The van der Waals surface area contributed by atoms with Gasteiger partial charge in [-0.25, -0.2) is 4.79 Å². The number of aromatic nitrogens is 1. The Morgan fingerprint density at radius 1 is 1.03 bits per heavy atom. The number of rotatable bonds is 6. The highest BCUT2D eigenvalue weighted by molar-refractivity contribution is 6.30. The molecular weight excluding hydrogens is 426 g/mol. The average Bonchev–Trinajstić information content (AvgIpc) is 3.22. The third kappa shape index (κ3) is 3.50. The van der Waals surface area contributed by atoms with E-state index in [-0.39, 0.29) is 12.3 Å². The van der Waals surface area contributed by atoms with Crippen molar-refractivity contribution in [3.63, 3.8) is 0 Å². The van der Waals surface area contributed by atoms with Crippen molar-refractivity contribution in [2.75, 3.05) is 6.54 Å². The number of para-hydroxylation sites is 1. The molecule has 0 bridgehead atoms. The molecule has 1 aromatic heterocycles. The van der Waals surface area contributed by atoms with Gasteiger partial charge >= 0.3 is 6.03 Å². The normalized spacial score (nSPS) is 18.2. The van der Waals surface area contributed by atoms with E-state index in [2.05, 4.69) is 5.32 Å². The van der Waals surface area contributed by atoms with Crippen LogP contribution in [0.3, 0.4) is 0 Å². The summed E-state index contributed by atoms with van der Waals surface area (Å²) in [6, 6.07) is 17.8. The molecule has 4 rings (SSSR count). The highest BCUT2D eigenvalue weighted by Gasteiger charge is 2.51. The highest BCUT2D eigenvalue weighted by Crippen LogP contribution is 2.33. The summed E-state index contributed by atoms with van der Waals surface area (Å²) in [6.45, 7) is 5.29. The molecule has 1 saturated heterocycles. The van der Waals surface area contributed by atoms with Gasteiger partial charge in [0.1, 0.15) is 5.54 Å². The van der Waals surface area contributed by atoms with Crippen LogP contribution >= 0.6 is 11.6 Å². The lowest BCUT2D eigenvalue weighted by molar-refractivity contribution is -0.131. The zero-order chi connectivity index (χ0) is 23.0. The number of urea groups is 1. The second-order valence-electron chi connectivity index (χ2n) is 7.97. The molecule has 0 aliphatic carbocycles. The van der Waals surface area contributed by atoms with Crippen LogP contribution in [-0.4, -0.2) is 33.7 Å². The van der Waals surface area contributed by atoms with E-state index < -0.39 is 17.5 Å². The Morgan fingerprint density at radius 3 is 2.31 bits per heavy atom. The van der Waals surface area contributed by atoms with Crippen LogP contribution in [-0.2, 0) is 10.3 Å². The van der Waals surface area contributed by atoms with Crippen molar-refractivity contribution in [2.45, 2.75) is 32.7 Å². The van der Waals surface area contributed by atoms with Crippen molar-refractivity contribution < 1.29 is 14.4 Å². The van der Waals surface area contributed by atoms with Crippen LogP contribution < -0.4 is 5.32 Å². The van der Waals surface area contributed by atoms with Gasteiger partial charge in [0.25, 0.3) is 5.91 Å². The smallest absolute Gasteiger partial charge is 0.319 e. The third-order valence-corrected chi connectivity index (χ3v) is 6.34. The van der Waals surface area contributed by atoms with E-state index in [4.69, 9.17) is 11.6 Å². The van der Waals surface area contributed by atoms with Crippen LogP contribution in [0.4, 0.5) is 4.79 Å². The van der Waals surface area contributed by atoms with Gasteiger partial charge in [-0.15, -0.1) is 0 Å². The molecule has 164 valence electrons. The summed E-state index contributed by atoms with van der Waals surface area (Å²) in [6.07, 6.45) is 0.354.